The molecule has 94 valence electrons. The molecule has 4 nitrogen and oxygen atoms in total. The Bertz CT molecular complexity index is 537. The third-order valence-corrected chi connectivity index (χ3v) is 2.91. The van der Waals surface area contributed by atoms with Gasteiger partial charge in [0, 0.05) is 11.9 Å². The normalized spacial score (nSPS) is 10.3. The molecule has 0 saturated carbocycles. The maximum Gasteiger partial charge on any atom is 0.0626 e. The van der Waals surface area contributed by atoms with Gasteiger partial charge in [-0.3, -0.25) is 4.98 Å². The van der Waals surface area contributed by atoms with E-state index in [1.54, 1.807) is 6.07 Å². The largest absolute Gasteiger partial charge is 0.397 e. The summed E-state index contributed by atoms with van der Waals surface area (Å²) in [5.41, 5.74) is 15.9. The van der Waals surface area contributed by atoms with Crippen molar-refractivity contribution >= 4 is 17.1 Å². The molecule has 0 aliphatic heterocycles. The van der Waals surface area contributed by atoms with Crippen molar-refractivity contribution in [3.05, 3.63) is 47.8 Å². The molecule has 0 aliphatic carbocycles. The number of nitrogens with zero attached hydrogens (tertiary/aromatic N) is 1. The van der Waals surface area contributed by atoms with Crippen LogP contribution >= 0.6 is 0 Å². The van der Waals surface area contributed by atoms with Crippen LogP contribution in [0, 0.1) is 0 Å². The summed E-state index contributed by atoms with van der Waals surface area (Å²) in [6.45, 7) is 2.81. The number of hydrogen-bond donors (Lipinski definition) is 3. The molecule has 1 aromatic heterocycles. The maximum absolute atomic E-state index is 5.77. The number of anilines is 3. The van der Waals surface area contributed by atoms with Crippen LogP contribution in [0.25, 0.3) is 0 Å². The van der Waals surface area contributed by atoms with Crippen LogP contribution in [0.15, 0.2) is 36.5 Å². The highest BCUT2D eigenvalue weighted by atomic mass is 14.9. The van der Waals surface area contributed by atoms with Gasteiger partial charge in [-0.05, 0) is 36.2 Å². The Balaban J connectivity index is 2.09. The number of hydrogen-bond acceptors (Lipinski definition) is 4. The van der Waals surface area contributed by atoms with Crippen LogP contribution in [-0.4, -0.2) is 4.98 Å². The quantitative estimate of drug-likeness (QED) is 0.720. The van der Waals surface area contributed by atoms with Crippen molar-refractivity contribution in [3.8, 4) is 0 Å². The van der Waals surface area contributed by atoms with Gasteiger partial charge >= 0.3 is 0 Å². The third-order valence-electron chi connectivity index (χ3n) is 2.91. The minimum Gasteiger partial charge on any atom is -0.397 e. The van der Waals surface area contributed by atoms with Crippen molar-refractivity contribution in [2.24, 2.45) is 0 Å². The van der Waals surface area contributed by atoms with Crippen molar-refractivity contribution in [3.63, 3.8) is 0 Å². The predicted molar refractivity (Wildman–Crippen MR) is 76.2 cm³/mol. The molecule has 0 aliphatic rings. The van der Waals surface area contributed by atoms with E-state index in [9.17, 15) is 0 Å². The van der Waals surface area contributed by atoms with Gasteiger partial charge in [0.15, 0.2) is 0 Å². The predicted octanol–water partition coefficient (Wildman–Crippen LogP) is 2.42. The van der Waals surface area contributed by atoms with Gasteiger partial charge in [-0.1, -0.05) is 13.0 Å². The first-order valence-electron chi connectivity index (χ1n) is 6.02. The molecule has 1 aromatic carbocycles. The first-order chi connectivity index (χ1) is 8.70. The van der Waals surface area contributed by atoms with E-state index in [0.29, 0.717) is 17.9 Å². The van der Waals surface area contributed by atoms with Gasteiger partial charge in [0.2, 0.25) is 0 Å². The van der Waals surface area contributed by atoms with Gasteiger partial charge in [0.05, 0.1) is 23.6 Å². The van der Waals surface area contributed by atoms with E-state index in [1.807, 2.05) is 24.4 Å². The molecule has 1 heterocycles. The van der Waals surface area contributed by atoms with E-state index in [2.05, 4.69) is 23.3 Å². The zero-order valence-corrected chi connectivity index (χ0v) is 10.5. The molecule has 0 radical (unpaired) electrons. The Morgan fingerprint density at radius 1 is 1.17 bits per heavy atom. The van der Waals surface area contributed by atoms with Gasteiger partial charge in [-0.2, -0.15) is 0 Å². The van der Waals surface area contributed by atoms with Gasteiger partial charge in [-0.25, -0.2) is 0 Å². The highest BCUT2D eigenvalue weighted by Gasteiger charge is 2.02. The lowest BCUT2D eigenvalue weighted by Gasteiger charge is -2.10. The minimum absolute atomic E-state index is 0.594. The molecule has 4 heteroatoms. The number of rotatable bonds is 4. The zero-order valence-electron chi connectivity index (χ0n) is 10.5. The van der Waals surface area contributed by atoms with Crippen LogP contribution in [0.2, 0.25) is 0 Å². The highest BCUT2D eigenvalue weighted by molar-refractivity contribution is 5.69. The monoisotopic (exact) mass is 242 g/mol. The summed E-state index contributed by atoms with van der Waals surface area (Å²) in [5.74, 6) is 0. The summed E-state index contributed by atoms with van der Waals surface area (Å²) < 4.78 is 0. The van der Waals surface area contributed by atoms with E-state index < -0.39 is 0 Å². The molecule has 18 heavy (non-hydrogen) atoms. The molecule has 0 saturated heterocycles. The van der Waals surface area contributed by atoms with E-state index in [1.165, 1.54) is 5.56 Å². The minimum atomic E-state index is 0.594. The van der Waals surface area contributed by atoms with Crippen molar-refractivity contribution in [2.75, 3.05) is 16.8 Å². The Morgan fingerprint density at radius 2 is 2.00 bits per heavy atom. The van der Waals surface area contributed by atoms with Crippen LogP contribution in [0.4, 0.5) is 17.1 Å². The molecular weight excluding hydrogens is 224 g/mol. The molecule has 0 amide bonds. The third kappa shape index (κ3) is 2.71. The first-order valence-corrected chi connectivity index (χ1v) is 6.02. The van der Waals surface area contributed by atoms with Crippen molar-refractivity contribution in [1.29, 1.82) is 0 Å². The fraction of sp³-hybridized carbons (Fsp3) is 0.214. The molecule has 5 N–H and O–H groups in total. The van der Waals surface area contributed by atoms with Crippen LogP contribution in [0.1, 0.15) is 18.2 Å². The Labute approximate surface area is 107 Å². The van der Waals surface area contributed by atoms with Gasteiger partial charge in [0.1, 0.15) is 0 Å². The highest BCUT2D eigenvalue weighted by Crippen LogP contribution is 2.20. The fourth-order valence-corrected chi connectivity index (χ4v) is 1.82. The van der Waals surface area contributed by atoms with Crippen LogP contribution < -0.4 is 16.8 Å². The number of aromatic nitrogens is 1. The molecular formula is C14H18N4. The van der Waals surface area contributed by atoms with Crippen LogP contribution in [-0.2, 0) is 13.0 Å². The molecule has 0 unspecified atom stereocenters. The van der Waals surface area contributed by atoms with Gasteiger partial charge in [-0.15, -0.1) is 0 Å². The Kier molecular flexibility index (Phi) is 3.67. The first kappa shape index (κ1) is 12.2. The van der Waals surface area contributed by atoms with Crippen molar-refractivity contribution in [2.45, 2.75) is 19.9 Å². The fourth-order valence-electron chi connectivity index (χ4n) is 1.82. The number of nitrogens with two attached hydrogens (primary N) is 2. The summed E-state index contributed by atoms with van der Waals surface area (Å²) in [6, 6.07) is 9.62. The van der Waals surface area contributed by atoms with Crippen LogP contribution in [0.3, 0.4) is 0 Å². The summed E-state index contributed by atoms with van der Waals surface area (Å²) in [5, 5.41) is 3.31. The second kappa shape index (κ2) is 5.40. The molecule has 0 bridgehead atoms. The summed E-state index contributed by atoms with van der Waals surface area (Å²) in [7, 11) is 0. The van der Waals surface area contributed by atoms with Gasteiger partial charge in [0.25, 0.3) is 0 Å². The smallest absolute Gasteiger partial charge is 0.0626 e. The topological polar surface area (TPSA) is 77.0 Å². The average molecular weight is 242 g/mol. The number of nitrogens with one attached hydrogen (secondary N) is 1. The second-order valence-electron chi connectivity index (χ2n) is 4.16. The molecule has 2 aromatic rings. The Morgan fingerprint density at radius 3 is 2.72 bits per heavy atom. The second-order valence-corrected chi connectivity index (χ2v) is 4.16. The van der Waals surface area contributed by atoms with E-state index in [-0.39, 0.29) is 0 Å². The van der Waals surface area contributed by atoms with E-state index in [0.717, 1.165) is 17.8 Å². The lowest BCUT2D eigenvalue weighted by molar-refractivity contribution is 0.972. The molecule has 0 atom stereocenters. The van der Waals surface area contributed by atoms with Crippen molar-refractivity contribution < 1.29 is 0 Å². The molecule has 2 rings (SSSR count). The average Bonchev–Trinajstić information content (AvgIpc) is 2.40. The van der Waals surface area contributed by atoms with Gasteiger partial charge < -0.3 is 16.8 Å². The summed E-state index contributed by atoms with van der Waals surface area (Å²) in [4.78, 5) is 4.39. The molecule has 0 fully saturated rings. The number of aryl methyl sites for hydroxylation is 1. The van der Waals surface area contributed by atoms with Crippen molar-refractivity contribution in [1.82, 2.24) is 4.98 Å². The Hall–Kier alpha value is -2.23. The van der Waals surface area contributed by atoms with E-state index in [4.69, 9.17) is 11.5 Å². The molecule has 0 spiro atoms. The zero-order chi connectivity index (χ0) is 13.0. The maximum atomic E-state index is 5.77. The van der Waals surface area contributed by atoms with E-state index >= 15 is 0 Å². The number of benzene rings is 1. The lowest BCUT2D eigenvalue weighted by Crippen LogP contribution is -2.05. The summed E-state index contributed by atoms with van der Waals surface area (Å²) >= 11 is 0. The van der Waals surface area contributed by atoms with Crippen LogP contribution in [0.5, 0.6) is 0 Å². The lowest BCUT2D eigenvalue weighted by atomic mass is 10.1. The number of pyridine rings is 1. The SMILES string of the molecule is CCc1cccnc1CNc1ccc(N)c(N)c1. The standard InChI is InChI=1S/C14H18N4/c1-2-10-4-3-7-17-14(10)9-18-11-5-6-12(15)13(16)8-11/h3-8,18H,2,9,15-16H2,1H3. The number of nitrogen functional groups attached to an aromatic ring is 2. The summed E-state index contributed by atoms with van der Waals surface area (Å²) in [6.07, 6.45) is 2.79.